The third-order valence-corrected chi connectivity index (χ3v) is 5.38. The molecule has 2 aliphatic rings. The largest absolute Gasteiger partial charge is 0.354 e. The Morgan fingerprint density at radius 3 is 2.00 bits per heavy atom. The molecule has 1 atom stereocenters. The summed E-state index contributed by atoms with van der Waals surface area (Å²) in [4.78, 5) is 35.0. The minimum Gasteiger partial charge on any atom is -0.354 e. The Labute approximate surface area is 186 Å². The lowest BCUT2D eigenvalue weighted by Crippen LogP contribution is -2.57. The van der Waals surface area contributed by atoms with E-state index in [0.29, 0.717) is 13.1 Å². The molecule has 0 aromatic heterocycles. The van der Waals surface area contributed by atoms with Crippen molar-refractivity contribution in [2.45, 2.75) is 39.7 Å². The molecule has 9 heteroatoms. The number of hydrogen-bond acceptors (Lipinski definition) is 4. The van der Waals surface area contributed by atoms with E-state index in [9.17, 15) is 9.59 Å². The van der Waals surface area contributed by atoms with Gasteiger partial charge in [-0.25, -0.2) is 0 Å². The molecule has 0 aliphatic carbocycles. The summed E-state index contributed by atoms with van der Waals surface area (Å²) in [6.45, 7) is 12.2. The summed E-state index contributed by atoms with van der Waals surface area (Å²) >= 11 is 0. The van der Waals surface area contributed by atoms with Crippen LogP contribution in [0.5, 0.6) is 0 Å². The number of hydrogen-bond donors (Lipinski definition) is 2. The lowest BCUT2D eigenvalue weighted by Gasteiger charge is -2.39. The van der Waals surface area contributed by atoms with Gasteiger partial charge in [0.2, 0.25) is 11.8 Å². The Kier molecular flexibility index (Phi) is 11.1. The molecule has 2 saturated heterocycles. The van der Waals surface area contributed by atoms with Gasteiger partial charge in [0.25, 0.3) is 0 Å². The van der Waals surface area contributed by atoms with Crippen molar-refractivity contribution in [3.8, 4) is 0 Å². The van der Waals surface area contributed by atoms with Crippen LogP contribution in [0.25, 0.3) is 0 Å². The number of guanidine groups is 1. The van der Waals surface area contributed by atoms with Crippen molar-refractivity contribution < 1.29 is 9.59 Å². The highest BCUT2D eigenvalue weighted by molar-refractivity contribution is 14.0. The van der Waals surface area contributed by atoms with Crippen molar-refractivity contribution in [2.24, 2.45) is 10.9 Å². The van der Waals surface area contributed by atoms with E-state index >= 15 is 0 Å². The van der Waals surface area contributed by atoms with E-state index in [-0.39, 0.29) is 47.8 Å². The quantitative estimate of drug-likeness (QED) is 0.238. The highest BCUT2D eigenvalue weighted by Gasteiger charge is 2.30. The minimum absolute atomic E-state index is 0. The average molecular weight is 508 g/mol. The molecule has 8 nitrogen and oxygen atoms in total. The van der Waals surface area contributed by atoms with Crippen LogP contribution in [0.15, 0.2) is 4.99 Å². The van der Waals surface area contributed by atoms with Gasteiger partial charge in [-0.3, -0.25) is 19.5 Å². The normalized spacial score (nSPS) is 19.4. The van der Waals surface area contributed by atoms with Gasteiger partial charge in [-0.05, 0) is 19.8 Å². The van der Waals surface area contributed by atoms with E-state index in [2.05, 4.69) is 25.4 Å². The molecule has 2 fully saturated rings. The summed E-state index contributed by atoms with van der Waals surface area (Å²) in [5.41, 5.74) is 0. The van der Waals surface area contributed by atoms with Gasteiger partial charge in [0.05, 0.1) is 6.04 Å². The molecule has 2 amide bonds. The second kappa shape index (κ2) is 12.5. The van der Waals surface area contributed by atoms with Gasteiger partial charge in [0.1, 0.15) is 0 Å². The summed E-state index contributed by atoms with van der Waals surface area (Å²) in [6.07, 6.45) is 2.26. The van der Waals surface area contributed by atoms with Gasteiger partial charge in [-0.1, -0.05) is 13.8 Å². The molecule has 162 valence electrons. The topological polar surface area (TPSA) is 80.3 Å². The Balaban J connectivity index is 0.00000392. The van der Waals surface area contributed by atoms with E-state index < -0.39 is 0 Å². The fourth-order valence-corrected chi connectivity index (χ4v) is 3.58. The number of halogens is 1. The monoisotopic (exact) mass is 508 g/mol. The van der Waals surface area contributed by atoms with Gasteiger partial charge in [-0.2, -0.15) is 0 Å². The van der Waals surface area contributed by atoms with Crippen molar-refractivity contribution in [1.29, 1.82) is 0 Å². The van der Waals surface area contributed by atoms with Crippen molar-refractivity contribution in [3.05, 3.63) is 0 Å². The highest BCUT2D eigenvalue weighted by atomic mass is 127. The second-order valence-corrected chi connectivity index (χ2v) is 7.65. The summed E-state index contributed by atoms with van der Waals surface area (Å²) in [5, 5.41) is 6.21. The lowest BCUT2D eigenvalue weighted by molar-refractivity contribution is -0.135. The van der Waals surface area contributed by atoms with Gasteiger partial charge >= 0.3 is 0 Å². The molecule has 28 heavy (non-hydrogen) atoms. The maximum atomic E-state index is 12.6. The number of nitrogens with one attached hydrogen (secondary N) is 2. The first-order chi connectivity index (χ1) is 12.9. The molecule has 0 aromatic rings. The average Bonchev–Trinajstić information content (AvgIpc) is 3.21. The molecule has 1 unspecified atom stereocenters. The van der Waals surface area contributed by atoms with Crippen LogP contribution in [-0.4, -0.2) is 97.9 Å². The Hall–Kier alpha value is -1.10. The van der Waals surface area contributed by atoms with Gasteiger partial charge in [-0.15, -0.1) is 24.0 Å². The first-order valence-electron chi connectivity index (χ1n) is 10.2. The van der Waals surface area contributed by atoms with Crippen LogP contribution in [0.2, 0.25) is 0 Å². The van der Waals surface area contributed by atoms with Gasteiger partial charge in [0.15, 0.2) is 5.96 Å². The summed E-state index contributed by atoms with van der Waals surface area (Å²) in [7, 11) is 1.78. The summed E-state index contributed by atoms with van der Waals surface area (Å²) in [6, 6.07) is -0.0496. The number of carbonyl (C=O) groups is 2. The van der Waals surface area contributed by atoms with Crippen LogP contribution in [0, 0.1) is 5.92 Å². The third-order valence-electron chi connectivity index (χ3n) is 5.38. The van der Waals surface area contributed by atoms with E-state index in [0.717, 1.165) is 58.1 Å². The number of carbonyl (C=O) groups excluding carboxylic acids is 2. The number of likely N-dealkylation sites (tertiary alicyclic amines) is 1. The second-order valence-electron chi connectivity index (χ2n) is 7.65. The summed E-state index contributed by atoms with van der Waals surface area (Å²) in [5.74, 6) is 1.19. The number of piperazine rings is 1. The van der Waals surface area contributed by atoms with E-state index in [1.54, 1.807) is 7.05 Å². The number of nitrogens with zero attached hydrogens (tertiary/aromatic N) is 4. The van der Waals surface area contributed by atoms with Crippen LogP contribution < -0.4 is 10.6 Å². The van der Waals surface area contributed by atoms with Crippen LogP contribution in [0.4, 0.5) is 0 Å². The zero-order valence-electron chi connectivity index (χ0n) is 17.7. The van der Waals surface area contributed by atoms with Crippen LogP contribution in [-0.2, 0) is 9.59 Å². The van der Waals surface area contributed by atoms with Gasteiger partial charge in [0, 0.05) is 65.3 Å². The highest BCUT2D eigenvalue weighted by Crippen LogP contribution is 2.14. The first-order valence-corrected chi connectivity index (χ1v) is 10.2. The summed E-state index contributed by atoms with van der Waals surface area (Å²) < 4.78 is 0. The molecule has 0 aromatic carbocycles. The Morgan fingerprint density at radius 2 is 1.46 bits per heavy atom. The van der Waals surface area contributed by atoms with E-state index in [4.69, 9.17) is 0 Å². The molecule has 0 saturated carbocycles. The van der Waals surface area contributed by atoms with Crippen LogP contribution in [0.3, 0.4) is 0 Å². The van der Waals surface area contributed by atoms with Crippen LogP contribution in [0.1, 0.15) is 33.6 Å². The van der Waals surface area contributed by atoms with Crippen molar-refractivity contribution >= 4 is 41.8 Å². The molecule has 0 spiro atoms. The smallest absolute Gasteiger partial charge is 0.239 e. The minimum atomic E-state index is -0.0496. The molecular weight excluding hydrogens is 471 g/mol. The first kappa shape index (κ1) is 24.9. The molecule has 2 heterocycles. The predicted octanol–water partition coefficient (Wildman–Crippen LogP) is 0.581. The Bertz CT molecular complexity index is 529. The van der Waals surface area contributed by atoms with Gasteiger partial charge < -0.3 is 20.4 Å². The van der Waals surface area contributed by atoms with Crippen molar-refractivity contribution in [2.75, 3.05) is 59.4 Å². The van der Waals surface area contributed by atoms with E-state index in [1.165, 1.54) is 0 Å². The van der Waals surface area contributed by atoms with Crippen LogP contribution >= 0.6 is 24.0 Å². The third kappa shape index (κ3) is 7.06. The number of aliphatic imine (C=N–C) groups is 1. The number of amides is 2. The molecule has 2 N–H and O–H groups in total. The van der Waals surface area contributed by atoms with E-state index in [1.807, 2.05) is 25.7 Å². The SMILES string of the molecule is CN=C(NCCNC(=O)C(C)C)N1CCN(C(C)C(=O)N2CCCC2)CC1.I. The zero-order valence-corrected chi connectivity index (χ0v) is 20.1. The molecule has 2 rings (SSSR count). The number of rotatable bonds is 6. The fraction of sp³-hybridized carbons (Fsp3) is 0.842. The van der Waals surface area contributed by atoms with Crippen molar-refractivity contribution in [3.63, 3.8) is 0 Å². The zero-order chi connectivity index (χ0) is 19.8. The fourth-order valence-electron chi connectivity index (χ4n) is 3.58. The standard InChI is InChI=1S/C19H36N6O2.HI/c1-15(2)17(26)21-7-8-22-19(20-4)25-13-11-23(12-14-25)16(3)18(27)24-9-5-6-10-24;/h15-16H,5-14H2,1-4H3,(H,20,22)(H,21,26);1H. The Morgan fingerprint density at radius 1 is 0.893 bits per heavy atom. The molecular formula is C19H37IN6O2. The molecule has 2 aliphatic heterocycles. The molecule has 0 radical (unpaired) electrons. The maximum absolute atomic E-state index is 12.6. The van der Waals surface area contributed by atoms with Crippen molar-refractivity contribution in [1.82, 2.24) is 25.3 Å². The lowest BCUT2D eigenvalue weighted by atomic mass is 10.2. The maximum Gasteiger partial charge on any atom is 0.239 e. The molecule has 0 bridgehead atoms. The predicted molar refractivity (Wildman–Crippen MR) is 123 cm³/mol.